The zero-order valence-electron chi connectivity index (χ0n) is 11.0. The van der Waals surface area contributed by atoms with Crippen molar-refractivity contribution in [2.75, 3.05) is 27.4 Å². The lowest BCUT2D eigenvalue weighted by Gasteiger charge is -2.28. The largest absolute Gasteiger partial charge is 0.493 e. The number of rotatable bonds is 4. The molecule has 1 fully saturated rings. The molecule has 1 aromatic carbocycles. The number of ether oxygens (including phenoxy) is 3. The zero-order chi connectivity index (χ0) is 13.0. The maximum absolute atomic E-state index is 5.73. The van der Waals surface area contributed by atoms with Crippen LogP contribution >= 0.6 is 0 Å². The summed E-state index contributed by atoms with van der Waals surface area (Å²) in [5.41, 5.74) is 6.85. The monoisotopic (exact) mass is 251 g/mol. The predicted molar refractivity (Wildman–Crippen MR) is 70.3 cm³/mol. The Balaban J connectivity index is 2.09. The topological polar surface area (TPSA) is 53.7 Å². The van der Waals surface area contributed by atoms with Crippen molar-refractivity contribution in [3.63, 3.8) is 0 Å². The van der Waals surface area contributed by atoms with Crippen molar-refractivity contribution >= 4 is 0 Å². The predicted octanol–water partition coefficient (Wildman–Crippen LogP) is 1.93. The highest BCUT2D eigenvalue weighted by atomic mass is 16.5. The second-order valence-electron chi connectivity index (χ2n) is 4.58. The van der Waals surface area contributed by atoms with Crippen molar-refractivity contribution < 1.29 is 14.2 Å². The van der Waals surface area contributed by atoms with E-state index < -0.39 is 0 Å². The summed E-state index contributed by atoms with van der Waals surface area (Å²) in [5.74, 6) is 1.96. The van der Waals surface area contributed by atoms with Gasteiger partial charge >= 0.3 is 0 Å². The van der Waals surface area contributed by atoms with Crippen LogP contribution in [0.4, 0.5) is 0 Å². The molecule has 1 heterocycles. The van der Waals surface area contributed by atoms with Crippen molar-refractivity contribution in [1.82, 2.24) is 0 Å². The molecule has 0 amide bonds. The summed E-state index contributed by atoms with van der Waals surface area (Å²) in [6.45, 7) is 1.34. The van der Waals surface area contributed by atoms with Gasteiger partial charge in [-0.1, -0.05) is 6.07 Å². The highest BCUT2D eigenvalue weighted by molar-refractivity contribution is 5.44. The van der Waals surface area contributed by atoms with Gasteiger partial charge in [0.25, 0.3) is 0 Å². The maximum atomic E-state index is 5.73. The normalized spacial score (nSPS) is 23.7. The number of methoxy groups -OCH3 is 2. The van der Waals surface area contributed by atoms with E-state index in [4.69, 9.17) is 19.9 Å². The fourth-order valence-corrected chi connectivity index (χ4v) is 2.36. The Labute approximate surface area is 108 Å². The summed E-state index contributed by atoms with van der Waals surface area (Å²) in [7, 11) is 3.30. The molecule has 2 rings (SSSR count). The Morgan fingerprint density at radius 1 is 1.22 bits per heavy atom. The molecule has 0 bridgehead atoms. The Morgan fingerprint density at radius 2 is 2.00 bits per heavy atom. The van der Waals surface area contributed by atoms with Gasteiger partial charge in [-0.2, -0.15) is 0 Å². The minimum absolute atomic E-state index is 0.224. The van der Waals surface area contributed by atoms with Crippen molar-refractivity contribution in [2.45, 2.75) is 24.9 Å². The van der Waals surface area contributed by atoms with E-state index in [0.717, 1.165) is 30.9 Å². The highest BCUT2D eigenvalue weighted by Gasteiger charge is 2.22. The molecule has 0 spiro atoms. The highest BCUT2D eigenvalue weighted by Crippen LogP contribution is 2.34. The summed E-state index contributed by atoms with van der Waals surface area (Å²) >= 11 is 0. The van der Waals surface area contributed by atoms with Crippen LogP contribution in [0.1, 0.15) is 24.3 Å². The Hall–Kier alpha value is -1.26. The summed E-state index contributed by atoms with van der Waals surface area (Å²) in [6.07, 6.45) is 2.36. The standard InChI is InChI=1S/C14H21NO3/c1-16-13-6-4-10(7-14(13)17-2)11-3-5-12(8-15)18-9-11/h4,6-7,11-12H,3,5,8-9,15H2,1-2H3. The van der Waals surface area contributed by atoms with E-state index in [0.29, 0.717) is 12.5 Å². The van der Waals surface area contributed by atoms with Gasteiger partial charge in [0.15, 0.2) is 11.5 Å². The van der Waals surface area contributed by atoms with Crippen molar-refractivity contribution in [1.29, 1.82) is 0 Å². The lowest BCUT2D eigenvalue weighted by Crippen LogP contribution is -2.30. The third-order valence-electron chi connectivity index (χ3n) is 3.51. The van der Waals surface area contributed by atoms with E-state index in [9.17, 15) is 0 Å². The molecule has 1 aliphatic heterocycles. The molecule has 4 nitrogen and oxygen atoms in total. The molecular formula is C14H21NO3. The molecule has 1 aliphatic rings. The number of benzene rings is 1. The van der Waals surface area contributed by atoms with E-state index in [2.05, 4.69) is 6.07 Å². The van der Waals surface area contributed by atoms with Crippen molar-refractivity contribution in [2.24, 2.45) is 5.73 Å². The van der Waals surface area contributed by atoms with Gasteiger partial charge in [-0.3, -0.25) is 0 Å². The van der Waals surface area contributed by atoms with Crippen LogP contribution in [0, 0.1) is 0 Å². The fraction of sp³-hybridized carbons (Fsp3) is 0.571. The Morgan fingerprint density at radius 3 is 2.56 bits per heavy atom. The first kappa shape index (κ1) is 13.2. The first-order chi connectivity index (χ1) is 8.78. The molecular weight excluding hydrogens is 230 g/mol. The lowest BCUT2D eigenvalue weighted by molar-refractivity contribution is 0.00952. The van der Waals surface area contributed by atoms with Gasteiger partial charge in [-0.15, -0.1) is 0 Å². The van der Waals surface area contributed by atoms with Crippen LogP contribution in [0.15, 0.2) is 18.2 Å². The second-order valence-corrected chi connectivity index (χ2v) is 4.58. The van der Waals surface area contributed by atoms with Crippen LogP contribution in [0.25, 0.3) is 0 Å². The van der Waals surface area contributed by atoms with E-state index in [1.807, 2.05) is 12.1 Å². The summed E-state index contributed by atoms with van der Waals surface area (Å²) in [4.78, 5) is 0. The van der Waals surface area contributed by atoms with Crippen LogP contribution in [0.5, 0.6) is 11.5 Å². The lowest BCUT2D eigenvalue weighted by atomic mass is 9.91. The van der Waals surface area contributed by atoms with Crippen molar-refractivity contribution in [3.05, 3.63) is 23.8 Å². The van der Waals surface area contributed by atoms with Crippen LogP contribution < -0.4 is 15.2 Å². The minimum Gasteiger partial charge on any atom is -0.493 e. The molecule has 1 aromatic rings. The van der Waals surface area contributed by atoms with Gasteiger partial charge < -0.3 is 19.9 Å². The summed E-state index contributed by atoms with van der Waals surface area (Å²) < 4.78 is 16.3. The third kappa shape index (κ3) is 2.76. The first-order valence-electron chi connectivity index (χ1n) is 6.32. The third-order valence-corrected chi connectivity index (χ3v) is 3.51. The van der Waals surface area contributed by atoms with Crippen LogP contribution in [0.2, 0.25) is 0 Å². The van der Waals surface area contributed by atoms with Crippen molar-refractivity contribution in [3.8, 4) is 11.5 Å². The smallest absolute Gasteiger partial charge is 0.160 e. The summed E-state index contributed by atoms with van der Waals surface area (Å²) in [5, 5.41) is 0. The molecule has 2 unspecified atom stereocenters. The van der Waals surface area contributed by atoms with Crippen LogP contribution in [0.3, 0.4) is 0 Å². The van der Waals surface area contributed by atoms with E-state index in [1.165, 1.54) is 5.56 Å². The number of hydrogen-bond donors (Lipinski definition) is 1. The molecule has 0 aromatic heterocycles. The average molecular weight is 251 g/mol. The average Bonchev–Trinajstić information content (AvgIpc) is 2.46. The number of hydrogen-bond acceptors (Lipinski definition) is 4. The molecule has 0 saturated carbocycles. The zero-order valence-corrected chi connectivity index (χ0v) is 11.0. The fourth-order valence-electron chi connectivity index (χ4n) is 2.36. The van der Waals surface area contributed by atoms with Gasteiger partial charge in [0, 0.05) is 12.5 Å². The molecule has 1 saturated heterocycles. The van der Waals surface area contributed by atoms with E-state index >= 15 is 0 Å². The molecule has 18 heavy (non-hydrogen) atoms. The molecule has 100 valence electrons. The van der Waals surface area contributed by atoms with Gasteiger partial charge in [0.2, 0.25) is 0 Å². The molecule has 2 atom stereocenters. The summed E-state index contributed by atoms with van der Waals surface area (Å²) in [6, 6.07) is 6.07. The second kappa shape index (κ2) is 6.07. The molecule has 0 aliphatic carbocycles. The van der Waals surface area contributed by atoms with Gasteiger partial charge in [0.1, 0.15) is 0 Å². The van der Waals surface area contributed by atoms with E-state index in [-0.39, 0.29) is 6.10 Å². The van der Waals surface area contributed by atoms with Gasteiger partial charge in [0.05, 0.1) is 26.9 Å². The van der Waals surface area contributed by atoms with E-state index in [1.54, 1.807) is 14.2 Å². The molecule has 2 N–H and O–H groups in total. The molecule has 4 heteroatoms. The van der Waals surface area contributed by atoms with Crippen LogP contribution in [-0.4, -0.2) is 33.5 Å². The Bertz CT molecular complexity index is 387. The molecule has 0 radical (unpaired) electrons. The number of nitrogens with two attached hydrogens (primary N) is 1. The van der Waals surface area contributed by atoms with Gasteiger partial charge in [-0.25, -0.2) is 0 Å². The first-order valence-corrected chi connectivity index (χ1v) is 6.32. The minimum atomic E-state index is 0.224. The van der Waals surface area contributed by atoms with Crippen LogP contribution in [-0.2, 0) is 4.74 Å². The quantitative estimate of drug-likeness (QED) is 0.888. The maximum Gasteiger partial charge on any atom is 0.160 e. The Kier molecular flexibility index (Phi) is 4.44. The van der Waals surface area contributed by atoms with Gasteiger partial charge in [-0.05, 0) is 30.5 Å². The SMILES string of the molecule is COc1ccc(C2CCC(CN)OC2)cc1OC.